The number of carbonyl (C=O) groups excluding carboxylic acids is 1. The number of carbonyl (C=O) groups is 1. The van der Waals surface area contributed by atoms with E-state index in [-0.39, 0.29) is 11.4 Å². The van der Waals surface area contributed by atoms with Crippen molar-refractivity contribution in [2.24, 2.45) is 5.41 Å². The molecule has 0 spiro atoms. The molecule has 0 aromatic heterocycles. The third kappa shape index (κ3) is 3.90. The summed E-state index contributed by atoms with van der Waals surface area (Å²) in [5.74, 6) is -0.0517. The van der Waals surface area contributed by atoms with Gasteiger partial charge in [-0.1, -0.05) is 6.92 Å². The van der Waals surface area contributed by atoms with E-state index in [1.165, 1.54) is 0 Å². The second-order valence-electron chi connectivity index (χ2n) is 4.74. The Hall–Kier alpha value is -0.313. The maximum atomic E-state index is 11.5. The molecular formula is C9H20O2Si. The van der Waals surface area contributed by atoms with E-state index in [0.717, 1.165) is 6.42 Å². The zero-order valence-corrected chi connectivity index (χ0v) is 10.0. The van der Waals surface area contributed by atoms with Crippen LogP contribution in [0.3, 0.4) is 0 Å². The number of hydrogen-bond acceptors (Lipinski definition) is 2. The third-order valence-electron chi connectivity index (χ3n) is 1.84. The van der Waals surface area contributed by atoms with Gasteiger partial charge in [0.15, 0.2) is 0 Å². The van der Waals surface area contributed by atoms with Crippen molar-refractivity contribution in [3.05, 3.63) is 0 Å². The number of rotatable bonds is 3. The van der Waals surface area contributed by atoms with Crippen LogP contribution in [0.25, 0.3) is 0 Å². The quantitative estimate of drug-likeness (QED) is 0.637. The fourth-order valence-corrected chi connectivity index (χ4v) is 1.39. The second-order valence-corrected chi connectivity index (χ2v) is 9.17. The van der Waals surface area contributed by atoms with Gasteiger partial charge in [-0.05, 0) is 39.9 Å². The molecule has 0 N–H and O–H groups in total. The Labute approximate surface area is 76.4 Å². The van der Waals surface area contributed by atoms with Crippen LogP contribution < -0.4 is 0 Å². The zero-order chi connectivity index (χ0) is 9.99. The first-order valence-corrected chi connectivity index (χ1v) is 7.83. The normalized spacial score (nSPS) is 12.8. The smallest absolute Gasteiger partial charge is 0.298 e. The second kappa shape index (κ2) is 3.60. The largest absolute Gasteiger partial charge is 0.519 e. The highest BCUT2D eigenvalue weighted by Gasteiger charge is 2.31. The van der Waals surface area contributed by atoms with E-state index in [1.54, 1.807) is 0 Å². The van der Waals surface area contributed by atoms with Crippen molar-refractivity contribution in [1.82, 2.24) is 0 Å². The van der Waals surface area contributed by atoms with Crippen LogP contribution in [0.5, 0.6) is 0 Å². The molecule has 72 valence electrons. The Morgan fingerprint density at radius 3 is 2.00 bits per heavy atom. The van der Waals surface area contributed by atoms with Crippen LogP contribution in [-0.4, -0.2) is 14.3 Å². The van der Waals surface area contributed by atoms with Crippen molar-refractivity contribution in [2.75, 3.05) is 0 Å². The Bertz CT molecular complexity index is 168. The van der Waals surface area contributed by atoms with Gasteiger partial charge in [-0.15, -0.1) is 0 Å². The molecule has 3 heteroatoms. The molecule has 0 rings (SSSR count). The minimum absolute atomic E-state index is 0.0517. The molecule has 0 bridgehead atoms. The van der Waals surface area contributed by atoms with Crippen LogP contribution in [0.2, 0.25) is 19.6 Å². The van der Waals surface area contributed by atoms with Crippen LogP contribution in [0.1, 0.15) is 27.2 Å². The number of hydrogen-bond donors (Lipinski definition) is 0. The average molecular weight is 188 g/mol. The van der Waals surface area contributed by atoms with Gasteiger partial charge in [0.05, 0.1) is 5.41 Å². The summed E-state index contributed by atoms with van der Waals surface area (Å²) in [7, 11) is -1.70. The molecule has 0 radical (unpaired) electrons. The maximum Gasteiger partial charge on any atom is 0.298 e. The van der Waals surface area contributed by atoms with E-state index < -0.39 is 8.32 Å². The first kappa shape index (κ1) is 11.7. The molecule has 0 amide bonds. The van der Waals surface area contributed by atoms with Crippen LogP contribution in [0.15, 0.2) is 0 Å². The molecule has 0 aromatic rings. The minimum Gasteiger partial charge on any atom is -0.519 e. The van der Waals surface area contributed by atoms with Gasteiger partial charge in [0.2, 0.25) is 8.32 Å². The Morgan fingerprint density at radius 2 is 1.75 bits per heavy atom. The first-order valence-electron chi connectivity index (χ1n) is 4.42. The highest BCUT2D eigenvalue weighted by Crippen LogP contribution is 2.23. The molecule has 0 aromatic carbocycles. The van der Waals surface area contributed by atoms with Crippen molar-refractivity contribution in [3.8, 4) is 0 Å². The molecule has 0 saturated carbocycles. The highest BCUT2D eigenvalue weighted by atomic mass is 28.4. The standard InChI is InChI=1S/C9H20O2Si/c1-7-9(2,3)8(10)11-12(4,5)6/h7H2,1-6H3. The maximum absolute atomic E-state index is 11.5. The van der Waals surface area contributed by atoms with Gasteiger partial charge in [0.25, 0.3) is 5.97 Å². The van der Waals surface area contributed by atoms with Gasteiger partial charge < -0.3 is 4.43 Å². The van der Waals surface area contributed by atoms with Gasteiger partial charge in [0.1, 0.15) is 0 Å². The predicted molar refractivity (Wildman–Crippen MR) is 53.5 cm³/mol. The van der Waals surface area contributed by atoms with Crippen molar-refractivity contribution < 1.29 is 9.22 Å². The highest BCUT2D eigenvalue weighted by molar-refractivity contribution is 6.71. The summed E-state index contributed by atoms with van der Waals surface area (Å²) in [5, 5.41) is 0. The molecule has 0 fully saturated rings. The molecule has 0 unspecified atom stereocenters. The molecular weight excluding hydrogens is 168 g/mol. The van der Waals surface area contributed by atoms with Crippen LogP contribution in [0, 0.1) is 5.41 Å². The molecule has 0 saturated heterocycles. The summed E-state index contributed by atoms with van der Waals surface area (Å²) in [5.41, 5.74) is -0.319. The Balaban J connectivity index is 4.23. The molecule has 12 heavy (non-hydrogen) atoms. The van der Waals surface area contributed by atoms with Crippen LogP contribution in [-0.2, 0) is 9.22 Å². The van der Waals surface area contributed by atoms with Crippen molar-refractivity contribution >= 4 is 14.3 Å². The first-order chi connectivity index (χ1) is 5.19. The predicted octanol–water partition coefficient (Wildman–Crippen LogP) is 2.80. The monoisotopic (exact) mass is 188 g/mol. The fourth-order valence-electron chi connectivity index (χ4n) is 0.561. The van der Waals surface area contributed by atoms with E-state index in [2.05, 4.69) is 0 Å². The minimum atomic E-state index is -1.70. The van der Waals surface area contributed by atoms with E-state index in [1.807, 2.05) is 40.4 Å². The lowest BCUT2D eigenvalue weighted by Crippen LogP contribution is -2.36. The van der Waals surface area contributed by atoms with Crippen molar-refractivity contribution in [3.63, 3.8) is 0 Å². The van der Waals surface area contributed by atoms with E-state index in [0.29, 0.717) is 0 Å². The molecule has 0 atom stereocenters. The fraction of sp³-hybridized carbons (Fsp3) is 0.889. The Kier molecular flexibility index (Phi) is 3.51. The average Bonchev–Trinajstić information content (AvgIpc) is 1.84. The third-order valence-corrected chi connectivity index (χ3v) is 2.63. The zero-order valence-electron chi connectivity index (χ0n) is 9.02. The van der Waals surface area contributed by atoms with Gasteiger partial charge in [-0.3, -0.25) is 4.79 Å². The molecule has 0 aliphatic rings. The summed E-state index contributed by atoms with van der Waals surface area (Å²) in [6, 6.07) is 0. The Morgan fingerprint density at radius 1 is 1.33 bits per heavy atom. The van der Waals surface area contributed by atoms with E-state index in [9.17, 15) is 4.79 Å². The summed E-state index contributed by atoms with van der Waals surface area (Å²) >= 11 is 0. The lowest BCUT2D eigenvalue weighted by Gasteiger charge is -2.26. The van der Waals surface area contributed by atoms with Gasteiger partial charge >= 0.3 is 0 Å². The van der Waals surface area contributed by atoms with Gasteiger partial charge in [-0.25, -0.2) is 0 Å². The molecule has 0 aliphatic heterocycles. The summed E-state index contributed by atoms with van der Waals surface area (Å²) in [6.45, 7) is 11.9. The van der Waals surface area contributed by atoms with Gasteiger partial charge in [0, 0.05) is 0 Å². The van der Waals surface area contributed by atoms with Gasteiger partial charge in [-0.2, -0.15) is 0 Å². The SMILES string of the molecule is CCC(C)(C)C(=O)O[Si](C)(C)C. The lowest BCUT2D eigenvalue weighted by atomic mass is 9.91. The topological polar surface area (TPSA) is 26.3 Å². The van der Waals surface area contributed by atoms with Crippen LogP contribution in [0.4, 0.5) is 0 Å². The van der Waals surface area contributed by atoms with Crippen molar-refractivity contribution in [1.29, 1.82) is 0 Å². The summed E-state index contributed by atoms with van der Waals surface area (Å²) in [6.07, 6.45) is 0.830. The lowest BCUT2D eigenvalue weighted by molar-refractivity contribution is -0.144. The van der Waals surface area contributed by atoms with Crippen LogP contribution >= 0.6 is 0 Å². The van der Waals surface area contributed by atoms with E-state index in [4.69, 9.17) is 4.43 Å². The summed E-state index contributed by atoms with van der Waals surface area (Å²) < 4.78 is 5.39. The molecule has 2 nitrogen and oxygen atoms in total. The summed E-state index contributed by atoms with van der Waals surface area (Å²) in [4.78, 5) is 11.5. The molecule has 0 heterocycles. The van der Waals surface area contributed by atoms with E-state index >= 15 is 0 Å². The van der Waals surface area contributed by atoms with Crippen molar-refractivity contribution in [2.45, 2.75) is 46.8 Å². The molecule has 0 aliphatic carbocycles.